The second-order valence-corrected chi connectivity index (χ2v) is 5.42. The van der Waals surface area contributed by atoms with Crippen molar-refractivity contribution in [3.8, 4) is 0 Å². The van der Waals surface area contributed by atoms with Crippen LogP contribution in [0.5, 0.6) is 0 Å². The highest BCUT2D eigenvalue weighted by Gasteiger charge is 1.97. The summed E-state index contributed by atoms with van der Waals surface area (Å²) in [5.74, 6) is 0. The number of pyridine rings is 1. The molecule has 88 valence electrons. The van der Waals surface area contributed by atoms with Crippen LogP contribution in [-0.4, -0.2) is 4.98 Å². The molecule has 0 atom stereocenters. The maximum absolute atomic E-state index is 5.52. The minimum absolute atomic E-state index is 0.506. The van der Waals surface area contributed by atoms with Crippen LogP contribution in [0.4, 0.5) is 0 Å². The van der Waals surface area contributed by atoms with Gasteiger partial charge in [-0.05, 0) is 47.1 Å². The lowest BCUT2D eigenvalue weighted by Crippen LogP contribution is -1.89. The molecule has 4 heteroatoms. The van der Waals surface area contributed by atoms with Gasteiger partial charge in [-0.25, -0.2) is 0 Å². The van der Waals surface area contributed by atoms with Gasteiger partial charge in [-0.2, -0.15) is 0 Å². The third kappa shape index (κ3) is 4.15. The van der Waals surface area contributed by atoms with Gasteiger partial charge in [0.15, 0.2) is 0 Å². The van der Waals surface area contributed by atoms with Crippen molar-refractivity contribution in [2.75, 3.05) is 0 Å². The average molecular weight is 310 g/mol. The van der Waals surface area contributed by atoms with Gasteiger partial charge >= 0.3 is 0 Å². The highest BCUT2D eigenvalue weighted by molar-refractivity contribution is 9.10. The molecule has 0 radical (unpaired) electrons. The molecule has 0 unspecified atom stereocenters. The van der Waals surface area contributed by atoms with Gasteiger partial charge in [0, 0.05) is 27.6 Å². The molecule has 17 heavy (non-hydrogen) atoms. The van der Waals surface area contributed by atoms with Crippen molar-refractivity contribution >= 4 is 28.0 Å². The van der Waals surface area contributed by atoms with E-state index in [4.69, 9.17) is 4.18 Å². The van der Waals surface area contributed by atoms with Crippen LogP contribution < -0.4 is 0 Å². The van der Waals surface area contributed by atoms with Gasteiger partial charge in [0.05, 0.1) is 5.69 Å². The molecule has 0 aliphatic heterocycles. The van der Waals surface area contributed by atoms with Gasteiger partial charge in [-0.3, -0.25) is 4.98 Å². The number of aromatic nitrogens is 1. The molecule has 0 spiro atoms. The van der Waals surface area contributed by atoms with Crippen molar-refractivity contribution in [3.05, 3.63) is 58.3 Å². The first-order chi connectivity index (χ1) is 8.24. The number of hydrogen-bond acceptors (Lipinski definition) is 3. The lowest BCUT2D eigenvalue weighted by molar-refractivity contribution is 0.357. The molecule has 0 fully saturated rings. The smallest absolute Gasteiger partial charge is 0.104 e. The predicted octanol–water partition coefficient (Wildman–Crippen LogP) is 4.38. The summed E-state index contributed by atoms with van der Waals surface area (Å²) in [4.78, 5) is 5.34. The normalized spacial score (nSPS) is 10.5. The lowest BCUT2D eigenvalue weighted by Gasteiger charge is -2.03. The Hall–Kier alpha value is -0.840. The van der Waals surface area contributed by atoms with E-state index < -0.39 is 0 Å². The number of aryl methyl sites for hydroxylation is 1. The topological polar surface area (TPSA) is 22.1 Å². The van der Waals surface area contributed by atoms with E-state index in [0.717, 1.165) is 15.1 Å². The van der Waals surface area contributed by atoms with Gasteiger partial charge in [0.2, 0.25) is 0 Å². The van der Waals surface area contributed by atoms with Crippen LogP contribution in [0.15, 0.2) is 52.0 Å². The first kappa shape index (κ1) is 12.6. The van der Waals surface area contributed by atoms with Gasteiger partial charge in [-0.15, -0.1) is 0 Å². The molecule has 1 aromatic heterocycles. The molecule has 0 amide bonds. The van der Waals surface area contributed by atoms with E-state index in [9.17, 15) is 0 Å². The number of nitrogens with zero attached hydrogens (tertiary/aromatic N) is 1. The van der Waals surface area contributed by atoms with Crippen molar-refractivity contribution in [1.82, 2.24) is 4.98 Å². The molecule has 0 aliphatic rings. The zero-order valence-corrected chi connectivity index (χ0v) is 11.8. The predicted molar refractivity (Wildman–Crippen MR) is 73.8 cm³/mol. The van der Waals surface area contributed by atoms with Crippen molar-refractivity contribution in [2.45, 2.75) is 18.4 Å². The Balaban J connectivity index is 1.83. The Kier molecular flexibility index (Phi) is 4.59. The van der Waals surface area contributed by atoms with Crippen LogP contribution in [0, 0.1) is 6.92 Å². The molecular weight excluding hydrogens is 298 g/mol. The Morgan fingerprint density at radius 2 is 1.94 bits per heavy atom. The fraction of sp³-hybridized carbons (Fsp3) is 0.154. The van der Waals surface area contributed by atoms with E-state index >= 15 is 0 Å². The minimum atomic E-state index is 0.506. The third-order valence-corrected chi connectivity index (χ3v) is 3.34. The molecule has 1 heterocycles. The molecule has 2 nitrogen and oxygen atoms in total. The van der Waals surface area contributed by atoms with Crippen LogP contribution in [0.1, 0.15) is 11.3 Å². The fourth-order valence-electron chi connectivity index (χ4n) is 1.24. The number of benzene rings is 1. The van der Waals surface area contributed by atoms with E-state index in [1.807, 2.05) is 12.1 Å². The highest BCUT2D eigenvalue weighted by atomic mass is 79.9. The molecule has 2 aromatic rings. The summed E-state index contributed by atoms with van der Waals surface area (Å²) in [5, 5.41) is 0. The van der Waals surface area contributed by atoms with E-state index in [1.165, 1.54) is 17.6 Å². The zero-order valence-electron chi connectivity index (χ0n) is 9.39. The van der Waals surface area contributed by atoms with Crippen LogP contribution in [0.25, 0.3) is 0 Å². The lowest BCUT2D eigenvalue weighted by atomic mass is 10.2. The van der Waals surface area contributed by atoms with Crippen LogP contribution in [0.3, 0.4) is 0 Å². The molecule has 0 bridgehead atoms. The van der Waals surface area contributed by atoms with E-state index in [1.54, 1.807) is 6.20 Å². The largest absolute Gasteiger partial charge is 0.304 e. The molecule has 0 saturated heterocycles. The minimum Gasteiger partial charge on any atom is -0.304 e. The first-order valence-electron chi connectivity index (χ1n) is 5.20. The molecule has 0 aliphatic carbocycles. The second-order valence-electron chi connectivity index (χ2n) is 3.63. The van der Waals surface area contributed by atoms with Crippen LogP contribution in [-0.2, 0) is 10.8 Å². The van der Waals surface area contributed by atoms with E-state index in [-0.39, 0.29) is 0 Å². The Labute approximate surface area is 114 Å². The van der Waals surface area contributed by atoms with Crippen molar-refractivity contribution in [1.29, 1.82) is 0 Å². The van der Waals surface area contributed by atoms with Gasteiger partial charge < -0.3 is 4.18 Å². The van der Waals surface area contributed by atoms with E-state index in [2.05, 4.69) is 52.1 Å². The summed E-state index contributed by atoms with van der Waals surface area (Å²) in [6, 6.07) is 12.2. The fourth-order valence-corrected chi connectivity index (χ4v) is 2.04. The maximum Gasteiger partial charge on any atom is 0.104 e. The van der Waals surface area contributed by atoms with Gasteiger partial charge in [-0.1, -0.05) is 17.7 Å². The molecule has 0 N–H and O–H groups in total. The third-order valence-electron chi connectivity index (χ3n) is 2.17. The molecule has 2 rings (SSSR count). The highest BCUT2D eigenvalue weighted by Crippen LogP contribution is 2.20. The van der Waals surface area contributed by atoms with E-state index in [0.29, 0.717) is 6.61 Å². The summed E-state index contributed by atoms with van der Waals surface area (Å²) in [6.07, 6.45) is 1.77. The summed E-state index contributed by atoms with van der Waals surface area (Å²) < 4.78 is 6.50. The molecular formula is C13H12BrNOS. The first-order valence-corrected chi connectivity index (χ1v) is 6.74. The van der Waals surface area contributed by atoms with Gasteiger partial charge in [0.25, 0.3) is 0 Å². The zero-order chi connectivity index (χ0) is 12.1. The summed E-state index contributed by atoms with van der Waals surface area (Å²) >= 11 is 4.72. The van der Waals surface area contributed by atoms with Crippen LogP contribution >= 0.6 is 28.0 Å². The summed E-state index contributed by atoms with van der Waals surface area (Å²) in [6.45, 7) is 2.58. The summed E-state index contributed by atoms with van der Waals surface area (Å²) in [7, 11) is 0. The number of halogens is 1. The SMILES string of the molecule is Cc1ccc(SOCc2ccc(Br)cn2)cc1. The quantitative estimate of drug-likeness (QED) is 0.783. The van der Waals surface area contributed by atoms with Crippen molar-refractivity contribution < 1.29 is 4.18 Å². The molecule has 0 saturated carbocycles. The maximum atomic E-state index is 5.52. The Bertz CT molecular complexity index is 424. The Morgan fingerprint density at radius 3 is 2.59 bits per heavy atom. The summed E-state index contributed by atoms with van der Waals surface area (Å²) in [5.41, 5.74) is 2.18. The number of rotatable bonds is 4. The standard InChI is InChI=1S/C13H12BrNOS/c1-10-2-6-13(7-3-10)17-16-9-12-5-4-11(14)8-15-12/h2-8H,9H2,1H3. The van der Waals surface area contributed by atoms with Gasteiger partial charge in [0.1, 0.15) is 6.61 Å². The van der Waals surface area contributed by atoms with Crippen LogP contribution in [0.2, 0.25) is 0 Å². The van der Waals surface area contributed by atoms with Crippen molar-refractivity contribution in [3.63, 3.8) is 0 Å². The number of hydrogen-bond donors (Lipinski definition) is 0. The average Bonchev–Trinajstić information content (AvgIpc) is 2.34. The monoisotopic (exact) mass is 309 g/mol. The second kappa shape index (κ2) is 6.19. The molecule has 1 aromatic carbocycles. The van der Waals surface area contributed by atoms with Crippen molar-refractivity contribution in [2.24, 2.45) is 0 Å². The Morgan fingerprint density at radius 1 is 1.18 bits per heavy atom.